The van der Waals surface area contributed by atoms with Gasteiger partial charge in [-0.3, -0.25) is 14.8 Å². The molecule has 3 heterocycles. The van der Waals surface area contributed by atoms with Gasteiger partial charge in [-0.1, -0.05) is 12.1 Å². The van der Waals surface area contributed by atoms with Gasteiger partial charge in [-0.05, 0) is 67.9 Å². The Bertz CT molecular complexity index is 894. The molecule has 5 rings (SSSR count). The molecule has 3 fully saturated rings. The van der Waals surface area contributed by atoms with Crippen LogP contribution in [0.2, 0.25) is 0 Å². The molecule has 2 saturated heterocycles. The predicted molar refractivity (Wildman–Crippen MR) is 125 cm³/mol. The van der Waals surface area contributed by atoms with Crippen LogP contribution in [0.15, 0.2) is 36.7 Å². The number of benzene rings is 1. The molecule has 1 aromatic carbocycles. The summed E-state index contributed by atoms with van der Waals surface area (Å²) in [6.45, 7) is 7.28. The zero-order valence-corrected chi connectivity index (χ0v) is 19.0. The van der Waals surface area contributed by atoms with Gasteiger partial charge in [0.05, 0.1) is 17.6 Å². The van der Waals surface area contributed by atoms with Gasteiger partial charge in [-0.25, -0.2) is 0 Å². The largest absolute Gasteiger partial charge is 0.381 e. The summed E-state index contributed by atoms with van der Waals surface area (Å²) in [7, 11) is 0. The third-order valence-corrected chi connectivity index (χ3v) is 7.49. The highest BCUT2D eigenvalue weighted by Gasteiger charge is 2.41. The summed E-state index contributed by atoms with van der Waals surface area (Å²) in [6, 6.07) is 7.74. The molecule has 1 saturated carbocycles. The highest BCUT2D eigenvalue weighted by molar-refractivity contribution is 5.88. The lowest BCUT2D eigenvalue weighted by Gasteiger charge is -2.27. The number of ether oxygens (including phenoxy) is 1. The first-order valence-electron chi connectivity index (χ1n) is 12.1. The van der Waals surface area contributed by atoms with Gasteiger partial charge in [-0.2, -0.15) is 0 Å². The highest BCUT2D eigenvalue weighted by Crippen LogP contribution is 2.43. The fourth-order valence-corrected chi connectivity index (χ4v) is 5.96. The maximum absolute atomic E-state index is 11.2. The highest BCUT2D eigenvalue weighted by atomic mass is 16.5. The van der Waals surface area contributed by atoms with E-state index in [-0.39, 0.29) is 5.91 Å². The fraction of sp³-hybridized carbons (Fsp3) is 0.577. The zero-order chi connectivity index (χ0) is 21.9. The molecule has 3 aliphatic rings. The Morgan fingerprint density at radius 3 is 2.38 bits per heavy atom. The summed E-state index contributed by atoms with van der Waals surface area (Å²) in [5.41, 5.74) is 3.78. The van der Waals surface area contributed by atoms with E-state index in [0.717, 1.165) is 65.9 Å². The number of rotatable bonds is 6. The maximum atomic E-state index is 11.2. The number of hydrogen-bond acceptors (Lipinski definition) is 5. The third-order valence-electron chi connectivity index (χ3n) is 7.49. The number of amides is 1. The molecule has 3 atom stereocenters. The first-order chi connectivity index (χ1) is 15.6. The average molecular weight is 435 g/mol. The van der Waals surface area contributed by atoms with Crippen LogP contribution in [0.3, 0.4) is 0 Å². The number of carbonyl (C=O) groups excluding carboxylic acids is 1. The molecule has 0 bridgehead atoms. The number of hydrogen-bond donors (Lipinski definition) is 1. The van der Waals surface area contributed by atoms with Gasteiger partial charge in [-0.15, -0.1) is 0 Å². The Labute approximate surface area is 190 Å². The molecule has 6 heteroatoms. The van der Waals surface area contributed by atoms with E-state index in [1.807, 2.05) is 36.7 Å². The molecular weight excluding hydrogens is 400 g/mol. The van der Waals surface area contributed by atoms with E-state index in [4.69, 9.17) is 9.72 Å². The van der Waals surface area contributed by atoms with E-state index in [9.17, 15) is 4.79 Å². The van der Waals surface area contributed by atoms with E-state index < -0.39 is 0 Å². The third kappa shape index (κ3) is 5.18. The predicted octanol–water partition coefficient (Wildman–Crippen LogP) is 4.03. The molecule has 0 radical (unpaired) electrons. The Morgan fingerprint density at radius 1 is 1.03 bits per heavy atom. The number of anilines is 1. The summed E-state index contributed by atoms with van der Waals surface area (Å²) in [5.74, 6) is 3.26. The fourth-order valence-electron chi connectivity index (χ4n) is 5.96. The summed E-state index contributed by atoms with van der Waals surface area (Å²) in [5, 5.41) is 2.79. The van der Waals surface area contributed by atoms with Crippen molar-refractivity contribution in [3.05, 3.63) is 42.4 Å². The van der Waals surface area contributed by atoms with Crippen molar-refractivity contribution in [1.29, 1.82) is 0 Å². The van der Waals surface area contributed by atoms with E-state index in [0.29, 0.717) is 0 Å². The number of fused-ring (bicyclic) bond motifs is 1. The first kappa shape index (κ1) is 21.5. The van der Waals surface area contributed by atoms with Gasteiger partial charge in [0.15, 0.2) is 0 Å². The van der Waals surface area contributed by atoms with Gasteiger partial charge in [0.25, 0.3) is 0 Å². The van der Waals surface area contributed by atoms with E-state index in [2.05, 4.69) is 15.2 Å². The average Bonchev–Trinajstić information content (AvgIpc) is 3.33. The number of likely N-dealkylation sites (tertiary alicyclic amines) is 1. The normalized spacial score (nSPS) is 26.2. The van der Waals surface area contributed by atoms with Crippen molar-refractivity contribution in [2.45, 2.75) is 39.0 Å². The van der Waals surface area contributed by atoms with Crippen LogP contribution in [0.4, 0.5) is 5.69 Å². The number of carbonyl (C=O) groups is 1. The monoisotopic (exact) mass is 434 g/mol. The van der Waals surface area contributed by atoms with Crippen molar-refractivity contribution >= 4 is 11.6 Å². The van der Waals surface area contributed by atoms with Gasteiger partial charge >= 0.3 is 0 Å². The lowest BCUT2D eigenvalue weighted by atomic mass is 9.98. The molecular formula is C26H34N4O2. The molecule has 2 aromatic rings. The van der Waals surface area contributed by atoms with Gasteiger partial charge < -0.3 is 15.0 Å². The molecule has 170 valence electrons. The van der Waals surface area contributed by atoms with Gasteiger partial charge in [0.2, 0.25) is 5.91 Å². The summed E-state index contributed by atoms with van der Waals surface area (Å²) in [4.78, 5) is 23.3. The Kier molecular flexibility index (Phi) is 6.51. The minimum absolute atomic E-state index is 0.0648. The molecule has 6 nitrogen and oxygen atoms in total. The van der Waals surface area contributed by atoms with Crippen molar-refractivity contribution in [3.8, 4) is 11.3 Å². The zero-order valence-electron chi connectivity index (χ0n) is 19.0. The van der Waals surface area contributed by atoms with Crippen LogP contribution in [0, 0.1) is 23.7 Å². The second-order valence-electron chi connectivity index (χ2n) is 9.99. The van der Waals surface area contributed by atoms with Gasteiger partial charge in [0.1, 0.15) is 0 Å². The number of nitrogens with zero attached hydrogens (tertiary/aromatic N) is 3. The minimum atomic E-state index is -0.0648. The van der Waals surface area contributed by atoms with Crippen LogP contribution in [0.25, 0.3) is 11.3 Å². The number of nitrogens with one attached hydrogen (secondary N) is 1. The molecule has 32 heavy (non-hydrogen) atoms. The van der Waals surface area contributed by atoms with E-state index in [1.165, 1.54) is 52.2 Å². The van der Waals surface area contributed by atoms with Crippen LogP contribution in [-0.4, -0.2) is 53.6 Å². The molecule has 1 aromatic heterocycles. The lowest BCUT2D eigenvalue weighted by molar-refractivity contribution is -0.114. The summed E-state index contributed by atoms with van der Waals surface area (Å²) in [6.07, 6.45) is 10.0. The quantitative estimate of drug-likeness (QED) is 0.744. The van der Waals surface area contributed by atoms with Crippen LogP contribution >= 0.6 is 0 Å². The second-order valence-corrected chi connectivity index (χ2v) is 9.99. The summed E-state index contributed by atoms with van der Waals surface area (Å²) < 4.78 is 5.52. The van der Waals surface area contributed by atoms with Crippen LogP contribution in [-0.2, 0) is 16.0 Å². The molecule has 1 aliphatic carbocycles. The van der Waals surface area contributed by atoms with Crippen LogP contribution < -0.4 is 5.32 Å². The van der Waals surface area contributed by atoms with Crippen LogP contribution in [0.5, 0.6) is 0 Å². The summed E-state index contributed by atoms with van der Waals surface area (Å²) >= 11 is 0. The SMILES string of the molecule is CC(=O)Nc1ccc(-c2cnc(CC3C[C@@H]4CN(CC5CCOCC5)C[C@@H]4C3)cn2)cc1. The maximum Gasteiger partial charge on any atom is 0.221 e. The smallest absolute Gasteiger partial charge is 0.221 e. The van der Waals surface area contributed by atoms with Crippen LogP contribution in [0.1, 0.15) is 38.3 Å². The van der Waals surface area contributed by atoms with E-state index >= 15 is 0 Å². The molecule has 1 N–H and O–H groups in total. The lowest BCUT2D eigenvalue weighted by Crippen LogP contribution is -2.31. The van der Waals surface area contributed by atoms with Gasteiger partial charge in [0, 0.05) is 57.2 Å². The Balaban J connectivity index is 1.11. The Hall–Kier alpha value is -2.31. The van der Waals surface area contributed by atoms with E-state index in [1.54, 1.807) is 0 Å². The van der Waals surface area contributed by atoms with Crippen molar-refractivity contribution in [1.82, 2.24) is 14.9 Å². The molecule has 2 aliphatic heterocycles. The molecule has 1 unspecified atom stereocenters. The van der Waals surface area contributed by atoms with Crippen molar-refractivity contribution in [2.75, 3.05) is 38.2 Å². The standard InChI is InChI=1S/C26H34N4O2/c1-18(31)29-24-4-2-21(3-5-24)26-14-27-25(13-28-26)12-20-10-22-16-30(17-23(22)11-20)15-19-6-8-32-9-7-19/h2-5,13-14,19-20,22-23H,6-12,15-17H2,1H3,(H,29,31)/t20?,22-,23+. The topological polar surface area (TPSA) is 67.4 Å². The first-order valence-corrected chi connectivity index (χ1v) is 12.1. The van der Waals surface area contributed by atoms with Crippen molar-refractivity contribution in [3.63, 3.8) is 0 Å². The molecule has 0 spiro atoms. The minimum Gasteiger partial charge on any atom is -0.381 e. The second kappa shape index (κ2) is 9.67. The molecule has 1 amide bonds. The Morgan fingerprint density at radius 2 is 1.75 bits per heavy atom. The van der Waals surface area contributed by atoms with Crippen molar-refractivity contribution < 1.29 is 9.53 Å². The van der Waals surface area contributed by atoms with Crippen molar-refractivity contribution in [2.24, 2.45) is 23.7 Å². The number of aromatic nitrogens is 2.